The van der Waals surface area contributed by atoms with E-state index in [9.17, 15) is 17.2 Å². The molecule has 2 aromatic carbocycles. The van der Waals surface area contributed by atoms with Crippen LogP contribution in [0.2, 0.25) is 0 Å². The molecule has 0 radical (unpaired) electrons. The van der Waals surface area contributed by atoms with E-state index < -0.39 is 21.7 Å². The van der Waals surface area contributed by atoms with Crippen molar-refractivity contribution in [3.05, 3.63) is 72.3 Å². The Bertz CT molecular complexity index is 1290. The van der Waals surface area contributed by atoms with Crippen LogP contribution in [0, 0.1) is 11.6 Å². The highest BCUT2D eigenvalue weighted by Crippen LogP contribution is 2.19. The van der Waals surface area contributed by atoms with Gasteiger partial charge in [0.25, 0.3) is 0 Å². The van der Waals surface area contributed by atoms with Gasteiger partial charge in [-0.05, 0) is 42.5 Å². The first-order valence-electron chi connectivity index (χ1n) is 8.79. The van der Waals surface area contributed by atoms with Gasteiger partial charge in [-0.15, -0.1) is 15.3 Å². The first-order valence-corrected chi connectivity index (χ1v) is 10.3. The Balaban J connectivity index is 1.43. The van der Waals surface area contributed by atoms with Gasteiger partial charge >= 0.3 is 0 Å². The van der Waals surface area contributed by atoms with Gasteiger partial charge in [-0.2, -0.15) is 4.52 Å². The average Bonchev–Trinajstić information content (AvgIpc) is 3.15. The first-order chi connectivity index (χ1) is 14.4. The zero-order valence-electron chi connectivity index (χ0n) is 15.4. The van der Waals surface area contributed by atoms with Crippen LogP contribution in [0.15, 0.2) is 65.6 Å². The molecule has 1 N–H and O–H groups in total. The predicted octanol–water partition coefficient (Wildman–Crippen LogP) is 2.43. The van der Waals surface area contributed by atoms with E-state index >= 15 is 0 Å². The van der Waals surface area contributed by atoms with Gasteiger partial charge in [0.2, 0.25) is 15.9 Å². The molecule has 0 amide bonds. The van der Waals surface area contributed by atoms with Crippen molar-refractivity contribution in [1.29, 1.82) is 0 Å². The maximum absolute atomic E-state index is 13.5. The summed E-state index contributed by atoms with van der Waals surface area (Å²) in [5, 5.41) is 12.3. The maximum Gasteiger partial charge on any atom is 0.240 e. The third-order valence-electron chi connectivity index (χ3n) is 4.09. The average molecular weight is 431 g/mol. The van der Waals surface area contributed by atoms with Crippen molar-refractivity contribution in [2.24, 2.45) is 0 Å². The Morgan fingerprint density at radius 1 is 0.967 bits per heavy atom. The lowest BCUT2D eigenvalue weighted by Crippen LogP contribution is -2.28. The van der Waals surface area contributed by atoms with Gasteiger partial charge in [0, 0.05) is 18.2 Å². The highest BCUT2D eigenvalue weighted by atomic mass is 32.2. The summed E-state index contributed by atoms with van der Waals surface area (Å²) in [5.74, 6) is -0.386. The molecule has 0 unspecified atom stereocenters. The molecular formula is C19H15F2N5O3S. The summed E-state index contributed by atoms with van der Waals surface area (Å²) in [6.45, 7) is -0.0330. The van der Waals surface area contributed by atoms with Gasteiger partial charge in [0.05, 0.1) is 4.90 Å². The van der Waals surface area contributed by atoms with Crippen molar-refractivity contribution >= 4 is 15.7 Å². The van der Waals surface area contributed by atoms with E-state index in [1.54, 1.807) is 24.3 Å². The van der Waals surface area contributed by atoms with Gasteiger partial charge < -0.3 is 4.74 Å². The lowest BCUT2D eigenvalue weighted by atomic mass is 10.2. The zero-order chi connectivity index (χ0) is 21.1. The standard InChI is InChI=1S/C19H15F2N5O3S/c20-14-4-6-16(7-5-14)30(27,28)22-10-11-29-18-9-8-17-23-24-19(26(17)25-18)13-2-1-3-15(21)12-13/h1-9,12,22H,10-11H2. The molecule has 8 nitrogen and oxygen atoms in total. The Morgan fingerprint density at radius 3 is 2.53 bits per heavy atom. The van der Waals surface area contributed by atoms with Crippen LogP contribution in [0.4, 0.5) is 8.78 Å². The minimum Gasteiger partial charge on any atom is -0.475 e. The van der Waals surface area contributed by atoms with Crippen LogP contribution < -0.4 is 9.46 Å². The van der Waals surface area contributed by atoms with E-state index in [4.69, 9.17) is 4.74 Å². The summed E-state index contributed by atoms with van der Waals surface area (Å²) in [4.78, 5) is -0.0485. The molecular weight excluding hydrogens is 416 g/mol. The maximum atomic E-state index is 13.5. The molecule has 30 heavy (non-hydrogen) atoms. The molecule has 2 heterocycles. The van der Waals surface area contributed by atoms with E-state index in [0.29, 0.717) is 17.0 Å². The Kier molecular flexibility index (Phi) is 5.38. The van der Waals surface area contributed by atoms with Crippen LogP contribution >= 0.6 is 0 Å². The largest absolute Gasteiger partial charge is 0.475 e. The summed E-state index contributed by atoms with van der Waals surface area (Å²) in [6.07, 6.45) is 0. The second-order valence-electron chi connectivity index (χ2n) is 6.18. The van der Waals surface area contributed by atoms with Gasteiger partial charge in [0.15, 0.2) is 11.5 Å². The highest BCUT2D eigenvalue weighted by Gasteiger charge is 2.14. The number of nitrogens with one attached hydrogen (secondary N) is 1. The molecule has 0 fully saturated rings. The third-order valence-corrected chi connectivity index (χ3v) is 5.57. The van der Waals surface area contributed by atoms with Crippen molar-refractivity contribution in [1.82, 2.24) is 24.5 Å². The van der Waals surface area contributed by atoms with E-state index in [0.717, 1.165) is 12.1 Å². The number of benzene rings is 2. The molecule has 0 saturated carbocycles. The Hall–Kier alpha value is -3.44. The Morgan fingerprint density at radius 2 is 1.77 bits per heavy atom. The second-order valence-corrected chi connectivity index (χ2v) is 7.94. The van der Waals surface area contributed by atoms with Crippen molar-refractivity contribution in [3.8, 4) is 17.3 Å². The molecule has 0 aliphatic heterocycles. The minimum absolute atomic E-state index is 0.00362. The molecule has 0 atom stereocenters. The molecule has 4 aromatic rings. The van der Waals surface area contributed by atoms with E-state index in [2.05, 4.69) is 20.0 Å². The summed E-state index contributed by atoms with van der Waals surface area (Å²) in [5.41, 5.74) is 0.942. The molecule has 0 saturated heterocycles. The lowest BCUT2D eigenvalue weighted by molar-refractivity contribution is 0.306. The van der Waals surface area contributed by atoms with Crippen molar-refractivity contribution in [2.75, 3.05) is 13.2 Å². The summed E-state index contributed by atoms with van der Waals surface area (Å²) >= 11 is 0. The highest BCUT2D eigenvalue weighted by molar-refractivity contribution is 7.89. The third kappa shape index (κ3) is 4.26. The number of rotatable bonds is 7. The van der Waals surface area contributed by atoms with Crippen LogP contribution in [-0.4, -0.2) is 41.4 Å². The summed E-state index contributed by atoms with van der Waals surface area (Å²) < 4.78 is 60.1. The molecule has 0 spiro atoms. The molecule has 0 aliphatic carbocycles. The molecule has 154 valence electrons. The number of aromatic nitrogens is 4. The first kappa shape index (κ1) is 19.9. The quantitative estimate of drug-likeness (QED) is 0.452. The van der Waals surface area contributed by atoms with Crippen molar-refractivity contribution in [2.45, 2.75) is 4.90 Å². The molecule has 0 aliphatic rings. The lowest BCUT2D eigenvalue weighted by Gasteiger charge is -2.08. The van der Waals surface area contributed by atoms with Gasteiger partial charge in [-0.1, -0.05) is 12.1 Å². The zero-order valence-corrected chi connectivity index (χ0v) is 16.2. The van der Waals surface area contributed by atoms with Gasteiger partial charge in [-0.25, -0.2) is 21.9 Å². The van der Waals surface area contributed by atoms with Crippen LogP contribution in [0.3, 0.4) is 0 Å². The normalized spacial score (nSPS) is 11.7. The number of halogens is 2. The van der Waals surface area contributed by atoms with Crippen molar-refractivity contribution < 1.29 is 21.9 Å². The molecule has 4 rings (SSSR count). The van der Waals surface area contributed by atoms with Gasteiger partial charge in [-0.3, -0.25) is 0 Å². The number of hydrogen-bond donors (Lipinski definition) is 1. The fourth-order valence-corrected chi connectivity index (χ4v) is 3.70. The monoisotopic (exact) mass is 431 g/mol. The molecule has 2 aromatic heterocycles. The van der Waals surface area contributed by atoms with Crippen LogP contribution in [0.1, 0.15) is 0 Å². The van der Waals surface area contributed by atoms with E-state index in [-0.39, 0.29) is 23.9 Å². The molecule has 0 bridgehead atoms. The Labute approximate surface area is 170 Å². The summed E-state index contributed by atoms with van der Waals surface area (Å²) in [6, 6.07) is 13.5. The number of sulfonamides is 1. The topological polar surface area (TPSA) is 98.5 Å². The number of fused-ring (bicyclic) bond motifs is 1. The predicted molar refractivity (Wildman–Crippen MR) is 103 cm³/mol. The minimum atomic E-state index is -3.78. The van der Waals surface area contributed by atoms with Crippen LogP contribution in [-0.2, 0) is 10.0 Å². The fourth-order valence-electron chi connectivity index (χ4n) is 2.69. The summed E-state index contributed by atoms with van der Waals surface area (Å²) in [7, 11) is -3.78. The fraction of sp³-hybridized carbons (Fsp3) is 0.105. The smallest absolute Gasteiger partial charge is 0.240 e. The van der Waals surface area contributed by atoms with Gasteiger partial charge in [0.1, 0.15) is 18.2 Å². The molecule has 11 heteroatoms. The van der Waals surface area contributed by atoms with E-state index in [1.807, 2.05) is 0 Å². The van der Waals surface area contributed by atoms with Crippen LogP contribution in [0.25, 0.3) is 17.0 Å². The number of ether oxygens (including phenoxy) is 1. The SMILES string of the molecule is O=S(=O)(NCCOc1ccc2nnc(-c3cccc(F)c3)n2n1)c1ccc(F)cc1. The number of nitrogens with zero attached hydrogens (tertiary/aromatic N) is 4. The van der Waals surface area contributed by atoms with Crippen LogP contribution in [0.5, 0.6) is 5.88 Å². The number of hydrogen-bond acceptors (Lipinski definition) is 6. The van der Waals surface area contributed by atoms with E-state index in [1.165, 1.54) is 28.8 Å². The second kappa shape index (κ2) is 8.13. The van der Waals surface area contributed by atoms with Crippen molar-refractivity contribution in [3.63, 3.8) is 0 Å².